The molecule has 0 atom stereocenters. The molecule has 0 N–H and O–H groups in total. The highest BCUT2D eigenvalue weighted by Gasteiger charge is 2.14. The second-order valence-electron chi connectivity index (χ2n) is 6.20. The standard InChI is InChI=1S/C16H34NO2.ClH/c1-5-6-7-8-9-10-11-12-13-17(3,4)14-15-19-16(2)18;/h5-15H2,1-4H3;1H/q+1;/p-1. The van der Waals surface area contributed by atoms with Crippen LogP contribution in [0.5, 0.6) is 0 Å². The molecule has 122 valence electrons. The number of hydrogen-bond donors (Lipinski definition) is 0. The van der Waals surface area contributed by atoms with Crippen molar-refractivity contribution in [3.8, 4) is 0 Å². The summed E-state index contributed by atoms with van der Waals surface area (Å²) >= 11 is 0. The Labute approximate surface area is 132 Å². The van der Waals surface area contributed by atoms with E-state index in [0.29, 0.717) is 6.61 Å². The molecule has 0 aliphatic carbocycles. The van der Waals surface area contributed by atoms with Crippen LogP contribution in [0.25, 0.3) is 0 Å². The quantitative estimate of drug-likeness (QED) is 0.302. The zero-order chi connectivity index (χ0) is 14.6. The molecule has 0 heterocycles. The van der Waals surface area contributed by atoms with E-state index in [2.05, 4.69) is 21.0 Å². The number of esters is 1. The summed E-state index contributed by atoms with van der Waals surface area (Å²) in [6, 6.07) is 0. The number of hydrogen-bond acceptors (Lipinski definition) is 2. The van der Waals surface area contributed by atoms with Crippen LogP contribution >= 0.6 is 0 Å². The molecule has 0 aliphatic rings. The molecule has 0 aromatic carbocycles. The number of unbranched alkanes of at least 4 members (excludes halogenated alkanes) is 7. The molecule has 0 bridgehead atoms. The highest BCUT2D eigenvalue weighted by molar-refractivity contribution is 5.65. The number of carbonyl (C=O) groups excluding carboxylic acids is 1. The zero-order valence-electron chi connectivity index (χ0n) is 13.9. The van der Waals surface area contributed by atoms with Gasteiger partial charge in [0, 0.05) is 6.92 Å². The monoisotopic (exact) mass is 307 g/mol. The van der Waals surface area contributed by atoms with Crippen LogP contribution in [0.2, 0.25) is 0 Å². The number of quaternary nitrogens is 1. The zero-order valence-corrected chi connectivity index (χ0v) is 14.7. The number of ether oxygens (including phenoxy) is 1. The molecule has 0 aliphatic heterocycles. The lowest BCUT2D eigenvalue weighted by atomic mass is 10.1. The summed E-state index contributed by atoms with van der Waals surface area (Å²) in [4.78, 5) is 10.7. The number of halogens is 1. The maximum absolute atomic E-state index is 10.7. The Kier molecular flexibility index (Phi) is 15.1. The SMILES string of the molecule is CCCCCCCCCC[N+](C)(C)CCOC(C)=O.[Cl-]. The van der Waals surface area contributed by atoms with Gasteiger partial charge in [-0.25, -0.2) is 0 Å². The lowest BCUT2D eigenvalue weighted by Crippen LogP contribution is -3.00. The van der Waals surface area contributed by atoms with Crippen LogP contribution in [0.15, 0.2) is 0 Å². The van der Waals surface area contributed by atoms with Gasteiger partial charge in [-0.1, -0.05) is 45.4 Å². The number of carbonyl (C=O) groups is 1. The highest BCUT2D eigenvalue weighted by atomic mass is 35.5. The van der Waals surface area contributed by atoms with Crippen molar-refractivity contribution < 1.29 is 26.4 Å². The van der Waals surface area contributed by atoms with E-state index in [4.69, 9.17) is 4.74 Å². The minimum absolute atomic E-state index is 0. The Morgan fingerprint density at radius 3 is 1.90 bits per heavy atom. The van der Waals surface area contributed by atoms with Gasteiger partial charge in [0.25, 0.3) is 0 Å². The van der Waals surface area contributed by atoms with Crippen LogP contribution in [0.4, 0.5) is 0 Å². The molecule has 0 amide bonds. The van der Waals surface area contributed by atoms with Gasteiger partial charge < -0.3 is 21.6 Å². The van der Waals surface area contributed by atoms with Crippen molar-refractivity contribution in [3.05, 3.63) is 0 Å². The summed E-state index contributed by atoms with van der Waals surface area (Å²) in [7, 11) is 4.43. The van der Waals surface area contributed by atoms with Crippen molar-refractivity contribution in [2.75, 3.05) is 33.8 Å². The fourth-order valence-electron chi connectivity index (χ4n) is 2.22. The van der Waals surface area contributed by atoms with Crippen LogP contribution < -0.4 is 12.4 Å². The van der Waals surface area contributed by atoms with E-state index in [0.717, 1.165) is 11.0 Å². The average Bonchev–Trinajstić information content (AvgIpc) is 2.31. The van der Waals surface area contributed by atoms with Crippen LogP contribution in [0.1, 0.15) is 65.2 Å². The van der Waals surface area contributed by atoms with Gasteiger partial charge in [0.1, 0.15) is 13.2 Å². The molecule has 20 heavy (non-hydrogen) atoms. The Hall–Kier alpha value is -0.280. The van der Waals surface area contributed by atoms with E-state index in [1.165, 1.54) is 64.8 Å². The third-order valence-corrected chi connectivity index (χ3v) is 3.62. The number of nitrogens with zero attached hydrogens (tertiary/aromatic N) is 1. The van der Waals surface area contributed by atoms with Gasteiger partial charge in [0.2, 0.25) is 0 Å². The minimum atomic E-state index is -0.174. The maximum Gasteiger partial charge on any atom is 0.302 e. The Balaban J connectivity index is 0. The van der Waals surface area contributed by atoms with Gasteiger partial charge in [0.05, 0.1) is 20.6 Å². The summed E-state index contributed by atoms with van der Waals surface area (Å²) in [6.45, 7) is 6.36. The lowest BCUT2D eigenvalue weighted by molar-refractivity contribution is -0.890. The molecule has 0 saturated carbocycles. The third kappa shape index (κ3) is 15.8. The number of likely N-dealkylation sites (N-methyl/N-ethyl adjacent to an activating group) is 1. The van der Waals surface area contributed by atoms with Gasteiger partial charge in [-0.3, -0.25) is 4.79 Å². The normalized spacial score (nSPS) is 11.0. The first-order valence-electron chi connectivity index (χ1n) is 7.93. The fourth-order valence-corrected chi connectivity index (χ4v) is 2.22. The predicted octanol–water partition coefficient (Wildman–Crippen LogP) is 0.771. The molecule has 0 fully saturated rings. The molecule has 0 aromatic heterocycles. The summed E-state index contributed by atoms with van der Waals surface area (Å²) in [5.41, 5.74) is 0. The van der Waals surface area contributed by atoms with Crippen molar-refractivity contribution in [2.45, 2.75) is 65.2 Å². The summed E-state index contributed by atoms with van der Waals surface area (Å²) in [6.07, 6.45) is 10.9. The van der Waals surface area contributed by atoms with Crippen molar-refractivity contribution >= 4 is 5.97 Å². The van der Waals surface area contributed by atoms with Crippen molar-refractivity contribution in [3.63, 3.8) is 0 Å². The second kappa shape index (κ2) is 13.7. The molecule has 0 radical (unpaired) electrons. The van der Waals surface area contributed by atoms with E-state index in [9.17, 15) is 4.79 Å². The van der Waals surface area contributed by atoms with Crippen molar-refractivity contribution in [1.82, 2.24) is 0 Å². The molecule has 3 nitrogen and oxygen atoms in total. The van der Waals surface area contributed by atoms with E-state index in [1.54, 1.807) is 0 Å². The predicted molar refractivity (Wildman–Crippen MR) is 81.1 cm³/mol. The smallest absolute Gasteiger partial charge is 0.302 e. The second-order valence-corrected chi connectivity index (χ2v) is 6.20. The van der Waals surface area contributed by atoms with Gasteiger partial charge in [-0.15, -0.1) is 0 Å². The molecule has 0 unspecified atom stereocenters. The Morgan fingerprint density at radius 1 is 0.900 bits per heavy atom. The van der Waals surface area contributed by atoms with Crippen LogP contribution in [-0.2, 0) is 9.53 Å². The fraction of sp³-hybridized carbons (Fsp3) is 0.938. The van der Waals surface area contributed by atoms with Crippen LogP contribution in [-0.4, -0.2) is 44.2 Å². The summed E-state index contributed by atoms with van der Waals surface area (Å²) < 4.78 is 5.95. The highest BCUT2D eigenvalue weighted by Crippen LogP contribution is 2.10. The summed E-state index contributed by atoms with van der Waals surface area (Å²) in [5.74, 6) is -0.174. The first-order chi connectivity index (χ1) is 8.98. The molecular weight excluding hydrogens is 274 g/mol. The molecular formula is C16H34ClNO2. The van der Waals surface area contributed by atoms with Crippen molar-refractivity contribution in [2.24, 2.45) is 0 Å². The van der Waals surface area contributed by atoms with E-state index in [-0.39, 0.29) is 18.4 Å². The lowest BCUT2D eigenvalue weighted by Gasteiger charge is -2.29. The van der Waals surface area contributed by atoms with Crippen molar-refractivity contribution in [1.29, 1.82) is 0 Å². The molecule has 0 rings (SSSR count). The Bertz CT molecular complexity index is 233. The van der Waals surface area contributed by atoms with Gasteiger partial charge >= 0.3 is 5.97 Å². The molecule has 4 heteroatoms. The van der Waals surface area contributed by atoms with Crippen LogP contribution in [0, 0.1) is 0 Å². The maximum atomic E-state index is 10.7. The third-order valence-electron chi connectivity index (χ3n) is 3.62. The van der Waals surface area contributed by atoms with Gasteiger partial charge in [-0.2, -0.15) is 0 Å². The van der Waals surface area contributed by atoms with E-state index in [1.807, 2.05) is 0 Å². The molecule has 0 aromatic rings. The van der Waals surface area contributed by atoms with Crippen LogP contribution in [0.3, 0.4) is 0 Å². The largest absolute Gasteiger partial charge is 1.00 e. The minimum Gasteiger partial charge on any atom is -1.00 e. The first kappa shape index (κ1) is 22.0. The molecule has 0 saturated heterocycles. The Morgan fingerprint density at radius 2 is 1.40 bits per heavy atom. The average molecular weight is 308 g/mol. The number of rotatable bonds is 12. The topological polar surface area (TPSA) is 26.3 Å². The first-order valence-corrected chi connectivity index (χ1v) is 7.93. The molecule has 0 spiro atoms. The van der Waals surface area contributed by atoms with Gasteiger partial charge in [0.15, 0.2) is 0 Å². The van der Waals surface area contributed by atoms with E-state index >= 15 is 0 Å². The van der Waals surface area contributed by atoms with E-state index < -0.39 is 0 Å². The van der Waals surface area contributed by atoms with Gasteiger partial charge in [-0.05, 0) is 12.8 Å². The summed E-state index contributed by atoms with van der Waals surface area (Å²) in [5, 5.41) is 0.